The predicted octanol–water partition coefficient (Wildman–Crippen LogP) is 3.21. The first-order valence-electron chi connectivity index (χ1n) is 12.8. The fraction of sp³-hybridized carbons (Fsp3) is 0.393. The summed E-state index contributed by atoms with van der Waals surface area (Å²) in [4.78, 5) is 21.9. The highest BCUT2D eigenvalue weighted by Crippen LogP contribution is 2.29. The third-order valence-corrected chi connectivity index (χ3v) is 6.00. The number of rotatable bonds is 15. The Kier molecular flexibility index (Phi) is 10.8. The third kappa shape index (κ3) is 7.48. The summed E-state index contributed by atoms with van der Waals surface area (Å²) in [5, 5.41) is 6.93. The van der Waals surface area contributed by atoms with Gasteiger partial charge < -0.3 is 31.4 Å². The minimum Gasteiger partial charge on any atom is -0.382 e. The van der Waals surface area contributed by atoms with E-state index in [1.165, 1.54) is 0 Å². The van der Waals surface area contributed by atoms with Crippen molar-refractivity contribution in [2.24, 2.45) is 5.73 Å². The molecule has 0 aliphatic carbocycles. The molecule has 2 heterocycles. The standard InChI is InChI=1S/C28H39N7O2/c1-4-6-11-24-34-25-26(22-9-7-8-10-23(22)33-27(25)30)35(24)15-17-37-16-14-32-28(36)21(5-2)13-12-20(3)18-31-19-29/h5,7-10,12-13,31H,3-4,6,11,14-19,29H2,1-2H3,(H2,30,33)(H,32,36)/b13-12-,21-5+. The number of anilines is 1. The number of nitrogens with two attached hydrogens (primary N) is 2. The van der Waals surface area contributed by atoms with Crippen LogP contribution < -0.4 is 22.1 Å². The number of pyridine rings is 1. The van der Waals surface area contributed by atoms with Gasteiger partial charge in [0.1, 0.15) is 11.3 Å². The van der Waals surface area contributed by atoms with Crippen LogP contribution in [0.4, 0.5) is 5.82 Å². The number of amides is 1. The fourth-order valence-electron chi connectivity index (χ4n) is 4.07. The van der Waals surface area contributed by atoms with Crippen molar-refractivity contribution in [2.75, 3.05) is 38.7 Å². The molecule has 0 saturated carbocycles. The molecular weight excluding hydrogens is 466 g/mol. The van der Waals surface area contributed by atoms with Crippen molar-refractivity contribution in [1.29, 1.82) is 0 Å². The summed E-state index contributed by atoms with van der Waals surface area (Å²) < 4.78 is 8.09. The van der Waals surface area contributed by atoms with Crippen LogP contribution in [0, 0.1) is 0 Å². The van der Waals surface area contributed by atoms with Crippen molar-refractivity contribution in [3.63, 3.8) is 0 Å². The number of benzene rings is 1. The van der Waals surface area contributed by atoms with E-state index in [1.807, 2.05) is 31.2 Å². The van der Waals surface area contributed by atoms with Crippen molar-refractivity contribution in [3.8, 4) is 0 Å². The van der Waals surface area contributed by atoms with E-state index in [4.69, 9.17) is 21.2 Å². The number of carbonyl (C=O) groups is 1. The van der Waals surface area contributed by atoms with E-state index in [0.29, 0.717) is 50.9 Å². The molecule has 0 bridgehead atoms. The zero-order chi connectivity index (χ0) is 26.6. The van der Waals surface area contributed by atoms with Gasteiger partial charge >= 0.3 is 0 Å². The molecule has 9 nitrogen and oxygen atoms in total. The molecule has 3 rings (SSSR count). The van der Waals surface area contributed by atoms with Crippen LogP contribution in [-0.4, -0.2) is 53.4 Å². The summed E-state index contributed by atoms with van der Waals surface area (Å²) in [5.74, 6) is 1.28. The van der Waals surface area contributed by atoms with Gasteiger partial charge in [0.05, 0.1) is 24.2 Å². The number of imidazole rings is 1. The largest absolute Gasteiger partial charge is 0.382 e. The first-order chi connectivity index (χ1) is 18.0. The van der Waals surface area contributed by atoms with Crippen LogP contribution in [0.25, 0.3) is 21.9 Å². The Morgan fingerprint density at radius 2 is 2.03 bits per heavy atom. The zero-order valence-corrected chi connectivity index (χ0v) is 21.9. The van der Waals surface area contributed by atoms with Crippen LogP contribution in [0.1, 0.15) is 32.5 Å². The molecule has 2 aromatic heterocycles. The molecule has 1 aromatic carbocycles. The zero-order valence-electron chi connectivity index (χ0n) is 21.9. The van der Waals surface area contributed by atoms with E-state index in [1.54, 1.807) is 12.2 Å². The van der Waals surface area contributed by atoms with E-state index in [-0.39, 0.29) is 5.91 Å². The van der Waals surface area contributed by atoms with Gasteiger partial charge in [-0.1, -0.05) is 50.3 Å². The van der Waals surface area contributed by atoms with E-state index in [0.717, 1.165) is 52.6 Å². The Balaban J connectivity index is 1.58. The first-order valence-corrected chi connectivity index (χ1v) is 12.8. The van der Waals surface area contributed by atoms with Gasteiger partial charge in [0.25, 0.3) is 5.91 Å². The molecular formula is C28H39N7O2. The molecule has 6 N–H and O–H groups in total. The van der Waals surface area contributed by atoms with Crippen LogP contribution >= 0.6 is 0 Å². The Hall–Kier alpha value is -3.53. The second-order valence-electron chi connectivity index (χ2n) is 8.73. The highest BCUT2D eigenvalue weighted by Gasteiger charge is 2.17. The fourth-order valence-corrected chi connectivity index (χ4v) is 4.07. The van der Waals surface area contributed by atoms with E-state index >= 15 is 0 Å². The number of nitrogens with zero attached hydrogens (tertiary/aromatic N) is 3. The molecule has 3 aromatic rings. The smallest absolute Gasteiger partial charge is 0.251 e. The lowest BCUT2D eigenvalue weighted by molar-refractivity contribution is -0.117. The second kappa shape index (κ2) is 14.3. The summed E-state index contributed by atoms with van der Waals surface area (Å²) >= 11 is 0. The van der Waals surface area contributed by atoms with E-state index in [2.05, 4.69) is 39.8 Å². The van der Waals surface area contributed by atoms with Crippen molar-refractivity contribution in [2.45, 2.75) is 39.7 Å². The normalized spacial score (nSPS) is 12.1. The van der Waals surface area contributed by atoms with Crippen molar-refractivity contribution >= 4 is 33.7 Å². The van der Waals surface area contributed by atoms with Crippen molar-refractivity contribution < 1.29 is 9.53 Å². The quantitative estimate of drug-likeness (QED) is 0.108. The molecule has 0 spiro atoms. The average molecular weight is 506 g/mol. The van der Waals surface area contributed by atoms with Crippen molar-refractivity contribution in [1.82, 2.24) is 25.2 Å². The Labute approximate surface area is 218 Å². The molecule has 9 heteroatoms. The molecule has 0 unspecified atom stereocenters. The maximum Gasteiger partial charge on any atom is 0.251 e. The summed E-state index contributed by atoms with van der Waals surface area (Å²) in [7, 11) is 0. The monoisotopic (exact) mass is 505 g/mol. The molecule has 0 fully saturated rings. The summed E-state index contributed by atoms with van der Waals surface area (Å²) in [6.07, 6.45) is 8.32. The van der Waals surface area contributed by atoms with Crippen LogP contribution in [0.3, 0.4) is 0 Å². The molecule has 0 aliphatic heterocycles. The molecule has 37 heavy (non-hydrogen) atoms. The first kappa shape index (κ1) is 28.0. The third-order valence-electron chi connectivity index (χ3n) is 6.00. The topological polar surface area (TPSA) is 133 Å². The number of fused-ring (bicyclic) bond motifs is 3. The Morgan fingerprint density at radius 3 is 2.78 bits per heavy atom. The highest BCUT2D eigenvalue weighted by molar-refractivity contribution is 6.06. The summed E-state index contributed by atoms with van der Waals surface area (Å²) in [5.41, 5.74) is 15.7. The molecule has 198 valence electrons. The Morgan fingerprint density at radius 1 is 1.22 bits per heavy atom. The highest BCUT2D eigenvalue weighted by atomic mass is 16.5. The number of nitrogens with one attached hydrogen (secondary N) is 2. The minimum atomic E-state index is -0.154. The number of carbonyl (C=O) groups excluding carboxylic acids is 1. The maximum absolute atomic E-state index is 12.5. The number of allylic oxidation sites excluding steroid dienone is 1. The maximum atomic E-state index is 12.5. The minimum absolute atomic E-state index is 0.154. The van der Waals surface area contributed by atoms with Gasteiger partial charge in [-0.3, -0.25) is 4.79 Å². The SMILES string of the molecule is C=C(/C=C\C(=C/C)C(=O)NCCOCCn1c(CCCC)nc2c(N)nc3ccccc3c21)CNCN. The number of para-hydroxylation sites is 1. The van der Waals surface area contributed by atoms with Gasteiger partial charge in [0, 0.05) is 43.7 Å². The van der Waals surface area contributed by atoms with E-state index < -0.39 is 0 Å². The van der Waals surface area contributed by atoms with Crippen LogP contribution in [-0.2, 0) is 22.5 Å². The lowest BCUT2D eigenvalue weighted by atomic mass is 10.1. The number of nitrogen functional groups attached to an aromatic ring is 1. The predicted molar refractivity (Wildman–Crippen MR) is 151 cm³/mol. The molecule has 0 atom stereocenters. The van der Waals surface area contributed by atoms with Crippen molar-refractivity contribution in [3.05, 3.63) is 66.0 Å². The number of unbranched alkanes of at least 4 members (excludes halogenated alkanes) is 1. The van der Waals surface area contributed by atoms with Gasteiger partial charge in [-0.15, -0.1) is 0 Å². The lowest BCUT2D eigenvalue weighted by Crippen LogP contribution is -2.28. The molecule has 0 aliphatic rings. The summed E-state index contributed by atoms with van der Waals surface area (Å²) in [6.45, 7) is 10.8. The number of ether oxygens (including phenoxy) is 1. The van der Waals surface area contributed by atoms with Crippen LogP contribution in [0.15, 0.2) is 60.2 Å². The van der Waals surface area contributed by atoms with Gasteiger partial charge in [0.15, 0.2) is 5.82 Å². The number of aryl methyl sites for hydroxylation is 1. The molecule has 1 amide bonds. The lowest BCUT2D eigenvalue weighted by Gasteiger charge is -2.12. The van der Waals surface area contributed by atoms with Gasteiger partial charge in [-0.25, -0.2) is 9.97 Å². The number of hydrogen-bond acceptors (Lipinski definition) is 7. The van der Waals surface area contributed by atoms with Gasteiger partial charge in [0.2, 0.25) is 0 Å². The van der Waals surface area contributed by atoms with Crippen LogP contribution in [0.2, 0.25) is 0 Å². The van der Waals surface area contributed by atoms with Gasteiger partial charge in [-0.2, -0.15) is 0 Å². The number of aromatic nitrogens is 3. The summed E-state index contributed by atoms with van der Waals surface area (Å²) in [6, 6.07) is 7.98. The Bertz CT molecular complexity index is 1280. The van der Waals surface area contributed by atoms with E-state index in [9.17, 15) is 4.79 Å². The number of hydrogen-bond donors (Lipinski definition) is 4. The second-order valence-corrected chi connectivity index (χ2v) is 8.73. The van der Waals surface area contributed by atoms with Crippen LogP contribution in [0.5, 0.6) is 0 Å². The molecule has 0 saturated heterocycles. The van der Waals surface area contributed by atoms with Gasteiger partial charge in [-0.05, 0) is 31.1 Å². The average Bonchev–Trinajstić information content (AvgIpc) is 3.27. The molecule has 0 radical (unpaired) electrons.